The molecule has 0 spiro atoms. The molecule has 0 atom stereocenters. The molecule has 0 saturated carbocycles. The van der Waals surface area contributed by atoms with Crippen LogP contribution in [0.3, 0.4) is 0 Å². The number of amides is 1. The fourth-order valence-electron chi connectivity index (χ4n) is 3.40. The Morgan fingerprint density at radius 3 is 2.14 bits per heavy atom. The summed E-state index contributed by atoms with van der Waals surface area (Å²) in [6.07, 6.45) is 0. The Morgan fingerprint density at radius 2 is 1.43 bits per heavy atom. The minimum absolute atomic E-state index is 0.107. The molecule has 4 aromatic rings. The molecule has 1 heterocycles. The molecule has 0 bridgehead atoms. The van der Waals surface area contributed by atoms with E-state index in [2.05, 4.69) is 5.32 Å². The number of nitrogens with zero attached hydrogens (tertiary/aromatic N) is 1. The van der Waals surface area contributed by atoms with Crippen molar-refractivity contribution < 1.29 is 4.79 Å². The molecule has 3 aromatic carbocycles. The van der Waals surface area contributed by atoms with Crippen molar-refractivity contribution in [3.63, 3.8) is 0 Å². The van der Waals surface area contributed by atoms with E-state index in [4.69, 9.17) is 4.98 Å². The molecule has 3 heteroatoms. The maximum absolute atomic E-state index is 13.3. The highest BCUT2D eigenvalue weighted by Gasteiger charge is 2.24. The number of pyridine rings is 1. The molecule has 3 nitrogen and oxygen atoms in total. The van der Waals surface area contributed by atoms with E-state index in [1.54, 1.807) is 0 Å². The summed E-state index contributed by atoms with van der Waals surface area (Å²) in [6, 6.07) is 29.6. The van der Waals surface area contributed by atoms with Gasteiger partial charge in [-0.1, -0.05) is 78.9 Å². The van der Waals surface area contributed by atoms with Gasteiger partial charge in [0.2, 0.25) is 0 Å². The first kappa shape index (κ1) is 17.9. The molecule has 1 aromatic heterocycles. The van der Waals surface area contributed by atoms with Gasteiger partial charge in [0.25, 0.3) is 5.91 Å². The largest absolute Gasteiger partial charge is 0.343 e. The second-order valence-electron chi connectivity index (χ2n) is 7.38. The smallest absolute Gasteiger partial charge is 0.252 e. The van der Waals surface area contributed by atoms with Crippen LogP contribution in [0.2, 0.25) is 0 Å². The van der Waals surface area contributed by atoms with E-state index in [1.807, 2.05) is 105 Å². The van der Waals surface area contributed by atoms with Gasteiger partial charge in [0.05, 0.1) is 22.3 Å². The predicted molar refractivity (Wildman–Crippen MR) is 114 cm³/mol. The molecular formula is C25H22N2O. The number of fused-ring (bicyclic) bond motifs is 1. The number of benzene rings is 3. The van der Waals surface area contributed by atoms with E-state index in [0.717, 1.165) is 27.7 Å². The minimum atomic E-state index is -0.490. The topological polar surface area (TPSA) is 42.0 Å². The van der Waals surface area contributed by atoms with Crippen LogP contribution in [0, 0.1) is 0 Å². The molecule has 0 radical (unpaired) electrons. The van der Waals surface area contributed by atoms with Crippen LogP contribution in [0.5, 0.6) is 0 Å². The fraction of sp³-hybridized carbons (Fsp3) is 0.120. The lowest BCUT2D eigenvalue weighted by molar-refractivity contribution is 0.0913. The van der Waals surface area contributed by atoms with Crippen LogP contribution in [-0.2, 0) is 5.54 Å². The van der Waals surface area contributed by atoms with Gasteiger partial charge in [0.15, 0.2) is 0 Å². The highest BCUT2D eigenvalue weighted by molar-refractivity contribution is 6.07. The Labute approximate surface area is 165 Å². The first-order valence-electron chi connectivity index (χ1n) is 9.38. The van der Waals surface area contributed by atoms with Crippen molar-refractivity contribution in [1.82, 2.24) is 10.3 Å². The maximum atomic E-state index is 13.3. The van der Waals surface area contributed by atoms with Crippen molar-refractivity contribution in [3.8, 4) is 11.3 Å². The van der Waals surface area contributed by atoms with Gasteiger partial charge < -0.3 is 5.32 Å². The summed E-state index contributed by atoms with van der Waals surface area (Å²) in [4.78, 5) is 18.1. The van der Waals surface area contributed by atoms with Crippen molar-refractivity contribution in [2.75, 3.05) is 0 Å². The standard InChI is InChI=1S/C25H22N2O/c1-25(2,19-13-7-4-8-14-19)27-24(28)21-17-23(18-11-5-3-6-12-18)26-22-16-10-9-15-20(21)22/h3-17H,1-2H3,(H,27,28). The molecule has 0 saturated heterocycles. The Bertz CT molecular complexity index is 1120. The lowest BCUT2D eigenvalue weighted by atomic mass is 9.93. The summed E-state index contributed by atoms with van der Waals surface area (Å²) in [5, 5.41) is 4.04. The van der Waals surface area contributed by atoms with Crippen molar-refractivity contribution in [2.24, 2.45) is 0 Å². The van der Waals surface area contributed by atoms with E-state index >= 15 is 0 Å². The molecule has 0 unspecified atom stereocenters. The predicted octanol–water partition coefficient (Wildman–Crippen LogP) is 5.57. The van der Waals surface area contributed by atoms with Crippen molar-refractivity contribution in [1.29, 1.82) is 0 Å². The van der Waals surface area contributed by atoms with Gasteiger partial charge >= 0.3 is 0 Å². The number of para-hydroxylation sites is 1. The van der Waals surface area contributed by atoms with Crippen LogP contribution < -0.4 is 5.32 Å². The number of aromatic nitrogens is 1. The highest BCUT2D eigenvalue weighted by Crippen LogP contribution is 2.26. The SMILES string of the molecule is CC(C)(NC(=O)c1cc(-c2ccccc2)nc2ccccc12)c1ccccc1. The quantitative estimate of drug-likeness (QED) is 0.513. The zero-order chi connectivity index (χ0) is 19.6. The normalized spacial score (nSPS) is 11.4. The van der Waals surface area contributed by atoms with E-state index in [9.17, 15) is 4.79 Å². The van der Waals surface area contributed by atoms with Crippen LogP contribution >= 0.6 is 0 Å². The first-order chi connectivity index (χ1) is 13.5. The van der Waals surface area contributed by atoms with Gasteiger partial charge in [-0.05, 0) is 31.5 Å². The molecule has 0 aliphatic rings. The number of nitrogens with one attached hydrogen (secondary N) is 1. The van der Waals surface area contributed by atoms with Gasteiger partial charge in [0, 0.05) is 10.9 Å². The third-order valence-corrected chi connectivity index (χ3v) is 4.95. The van der Waals surface area contributed by atoms with Gasteiger partial charge in [-0.25, -0.2) is 4.98 Å². The van der Waals surface area contributed by atoms with Crippen molar-refractivity contribution in [2.45, 2.75) is 19.4 Å². The van der Waals surface area contributed by atoms with Gasteiger partial charge in [-0.3, -0.25) is 4.79 Å². The second-order valence-corrected chi connectivity index (χ2v) is 7.38. The van der Waals surface area contributed by atoms with E-state index in [-0.39, 0.29) is 5.91 Å². The first-order valence-corrected chi connectivity index (χ1v) is 9.38. The monoisotopic (exact) mass is 366 g/mol. The summed E-state index contributed by atoms with van der Waals surface area (Å²) in [6.45, 7) is 4.03. The molecule has 0 fully saturated rings. The Hall–Kier alpha value is -3.46. The number of carbonyl (C=O) groups is 1. The van der Waals surface area contributed by atoms with E-state index < -0.39 is 5.54 Å². The zero-order valence-electron chi connectivity index (χ0n) is 16.0. The van der Waals surface area contributed by atoms with E-state index in [1.165, 1.54) is 0 Å². The van der Waals surface area contributed by atoms with Crippen LogP contribution in [0.1, 0.15) is 29.8 Å². The van der Waals surface area contributed by atoms with Gasteiger partial charge in [0.1, 0.15) is 0 Å². The van der Waals surface area contributed by atoms with Crippen LogP contribution in [-0.4, -0.2) is 10.9 Å². The molecule has 4 rings (SSSR count). The molecule has 0 aliphatic heterocycles. The molecule has 0 aliphatic carbocycles. The molecule has 1 N–H and O–H groups in total. The lowest BCUT2D eigenvalue weighted by Gasteiger charge is -2.27. The van der Waals surface area contributed by atoms with Crippen LogP contribution in [0.4, 0.5) is 0 Å². The summed E-state index contributed by atoms with van der Waals surface area (Å²) in [5.41, 5.74) is 3.80. The zero-order valence-corrected chi connectivity index (χ0v) is 16.0. The molecule has 138 valence electrons. The fourth-order valence-corrected chi connectivity index (χ4v) is 3.40. The van der Waals surface area contributed by atoms with Crippen molar-refractivity contribution in [3.05, 3.63) is 102 Å². The van der Waals surface area contributed by atoms with Crippen LogP contribution in [0.25, 0.3) is 22.2 Å². The van der Waals surface area contributed by atoms with Gasteiger partial charge in [-0.2, -0.15) is 0 Å². The number of hydrogen-bond donors (Lipinski definition) is 1. The second kappa shape index (κ2) is 7.28. The Balaban J connectivity index is 1.78. The lowest BCUT2D eigenvalue weighted by Crippen LogP contribution is -2.41. The average Bonchev–Trinajstić information content (AvgIpc) is 2.74. The maximum Gasteiger partial charge on any atom is 0.252 e. The summed E-state index contributed by atoms with van der Waals surface area (Å²) in [7, 11) is 0. The highest BCUT2D eigenvalue weighted by atomic mass is 16.1. The third kappa shape index (κ3) is 3.52. The Morgan fingerprint density at radius 1 is 0.821 bits per heavy atom. The third-order valence-electron chi connectivity index (χ3n) is 4.95. The van der Waals surface area contributed by atoms with Gasteiger partial charge in [-0.15, -0.1) is 0 Å². The molecular weight excluding hydrogens is 344 g/mol. The summed E-state index contributed by atoms with van der Waals surface area (Å²) >= 11 is 0. The minimum Gasteiger partial charge on any atom is -0.343 e. The van der Waals surface area contributed by atoms with Crippen LogP contribution in [0.15, 0.2) is 91.0 Å². The van der Waals surface area contributed by atoms with Crippen molar-refractivity contribution >= 4 is 16.8 Å². The summed E-state index contributed by atoms with van der Waals surface area (Å²) < 4.78 is 0. The number of hydrogen-bond acceptors (Lipinski definition) is 2. The number of carbonyl (C=O) groups excluding carboxylic acids is 1. The average molecular weight is 366 g/mol. The molecule has 1 amide bonds. The summed E-state index contributed by atoms with van der Waals surface area (Å²) in [5.74, 6) is -0.107. The molecule has 28 heavy (non-hydrogen) atoms. The number of rotatable bonds is 4. The van der Waals surface area contributed by atoms with E-state index in [0.29, 0.717) is 5.56 Å². The Kier molecular flexibility index (Phi) is 4.66.